The van der Waals surface area contributed by atoms with E-state index in [1.165, 1.54) is 29.0 Å². The summed E-state index contributed by atoms with van der Waals surface area (Å²) in [6, 6.07) is 4.22. The van der Waals surface area contributed by atoms with E-state index in [9.17, 15) is 19.7 Å². The minimum Gasteiger partial charge on any atom is -0.481 e. The highest BCUT2D eigenvalue weighted by Gasteiger charge is 2.21. The van der Waals surface area contributed by atoms with Crippen LogP contribution >= 0.6 is 0 Å². The van der Waals surface area contributed by atoms with Crippen LogP contribution in [0.3, 0.4) is 0 Å². The maximum Gasteiger partial charge on any atom is 0.323 e. The third-order valence-corrected chi connectivity index (χ3v) is 2.81. The third kappa shape index (κ3) is 2.44. The minimum absolute atomic E-state index is 0.168. The van der Waals surface area contributed by atoms with Gasteiger partial charge >= 0.3 is 11.9 Å². The van der Waals surface area contributed by atoms with Gasteiger partial charge in [-0.3, -0.25) is 19.7 Å². The van der Waals surface area contributed by atoms with Gasteiger partial charge in [0.05, 0.1) is 22.2 Å². The summed E-state index contributed by atoms with van der Waals surface area (Å²) >= 11 is 0. The number of carboxylic acid groups (broad SMARTS) is 2. The fourth-order valence-electron chi connectivity index (χ4n) is 2.14. The van der Waals surface area contributed by atoms with E-state index >= 15 is 0 Å². The summed E-state index contributed by atoms with van der Waals surface area (Å²) in [6.07, 6.45) is 0.924. The number of nitro benzene ring substituents is 1. The van der Waals surface area contributed by atoms with Crippen LogP contribution < -0.4 is 0 Å². The lowest BCUT2D eigenvalue weighted by atomic mass is 10.1. The van der Waals surface area contributed by atoms with Crippen LogP contribution in [0.15, 0.2) is 24.4 Å². The van der Waals surface area contributed by atoms with E-state index in [-0.39, 0.29) is 16.6 Å². The molecule has 0 radical (unpaired) electrons. The number of hydrogen-bond acceptors (Lipinski definition) is 4. The molecule has 1 heterocycles. The number of nitro groups is 1. The topological polar surface area (TPSA) is 123 Å². The molecular weight excluding hydrogens is 268 g/mol. The zero-order chi connectivity index (χ0) is 14.9. The van der Waals surface area contributed by atoms with E-state index in [0.29, 0.717) is 5.52 Å². The lowest BCUT2D eigenvalue weighted by molar-refractivity contribution is -0.383. The number of non-ortho nitro benzene ring substituents is 1. The van der Waals surface area contributed by atoms with Crippen LogP contribution in [-0.2, 0) is 22.6 Å². The Bertz CT molecular complexity index is 718. The monoisotopic (exact) mass is 278 g/mol. The summed E-state index contributed by atoms with van der Waals surface area (Å²) in [4.78, 5) is 32.0. The molecule has 2 aromatic rings. The number of benzene rings is 1. The molecule has 104 valence electrons. The van der Waals surface area contributed by atoms with Gasteiger partial charge < -0.3 is 14.8 Å². The number of carboxylic acids is 2. The molecule has 2 rings (SSSR count). The number of aliphatic carboxylic acids is 2. The smallest absolute Gasteiger partial charge is 0.323 e. The van der Waals surface area contributed by atoms with E-state index in [4.69, 9.17) is 10.2 Å². The number of aromatic nitrogens is 1. The van der Waals surface area contributed by atoms with Gasteiger partial charge in [-0.15, -0.1) is 0 Å². The summed E-state index contributed by atoms with van der Waals surface area (Å²) in [7, 11) is 0. The SMILES string of the molecule is O=C(O)Cc1cn(CC(=O)O)c2cccc([N+](=O)[O-])c12. The first kappa shape index (κ1) is 13.5. The molecule has 8 nitrogen and oxygen atoms in total. The maximum atomic E-state index is 11.0. The van der Waals surface area contributed by atoms with Crippen LogP contribution in [0.2, 0.25) is 0 Å². The summed E-state index contributed by atoms with van der Waals surface area (Å²) in [6.45, 7) is -0.392. The number of fused-ring (bicyclic) bond motifs is 1. The molecule has 0 atom stereocenters. The predicted octanol–water partition coefficient (Wildman–Crippen LogP) is 1.26. The van der Waals surface area contributed by atoms with Crippen molar-refractivity contribution < 1.29 is 24.7 Å². The van der Waals surface area contributed by atoms with Gasteiger partial charge in [0.2, 0.25) is 0 Å². The molecule has 1 aromatic heterocycles. The van der Waals surface area contributed by atoms with Crippen molar-refractivity contribution in [2.45, 2.75) is 13.0 Å². The predicted molar refractivity (Wildman–Crippen MR) is 67.6 cm³/mol. The van der Waals surface area contributed by atoms with E-state index in [1.54, 1.807) is 0 Å². The molecule has 0 saturated carbocycles. The van der Waals surface area contributed by atoms with Crippen molar-refractivity contribution in [3.8, 4) is 0 Å². The van der Waals surface area contributed by atoms with E-state index in [0.717, 1.165) is 0 Å². The highest BCUT2D eigenvalue weighted by atomic mass is 16.6. The maximum absolute atomic E-state index is 11.0. The first-order chi connectivity index (χ1) is 9.40. The van der Waals surface area contributed by atoms with E-state index in [2.05, 4.69) is 0 Å². The Labute approximate surface area is 112 Å². The lowest BCUT2D eigenvalue weighted by Gasteiger charge is -2.00. The normalized spacial score (nSPS) is 10.6. The van der Waals surface area contributed by atoms with Gasteiger partial charge in [-0.1, -0.05) is 6.07 Å². The molecule has 0 bridgehead atoms. The van der Waals surface area contributed by atoms with Crippen LogP contribution in [0.1, 0.15) is 5.56 Å². The molecule has 8 heteroatoms. The molecular formula is C12H10N2O6. The molecule has 20 heavy (non-hydrogen) atoms. The van der Waals surface area contributed by atoms with Crippen molar-refractivity contribution in [2.24, 2.45) is 0 Å². The van der Waals surface area contributed by atoms with Gasteiger partial charge in [-0.25, -0.2) is 0 Å². The molecule has 0 unspecified atom stereocenters. The third-order valence-electron chi connectivity index (χ3n) is 2.81. The van der Waals surface area contributed by atoms with Crippen molar-refractivity contribution in [3.05, 3.63) is 40.1 Å². The molecule has 0 aliphatic carbocycles. The Morgan fingerprint density at radius 3 is 2.50 bits per heavy atom. The zero-order valence-electron chi connectivity index (χ0n) is 10.1. The van der Waals surface area contributed by atoms with Gasteiger partial charge in [0.15, 0.2) is 0 Å². The van der Waals surface area contributed by atoms with Gasteiger partial charge in [0, 0.05) is 12.3 Å². The Hall–Kier alpha value is -2.90. The molecule has 0 aliphatic rings. The van der Waals surface area contributed by atoms with Crippen LogP contribution in [0, 0.1) is 10.1 Å². The van der Waals surface area contributed by atoms with Crippen molar-refractivity contribution in [2.75, 3.05) is 0 Å². The van der Waals surface area contributed by atoms with Crippen molar-refractivity contribution in [1.29, 1.82) is 0 Å². The van der Waals surface area contributed by atoms with Gasteiger partial charge in [0.1, 0.15) is 6.54 Å². The molecule has 0 amide bonds. The van der Waals surface area contributed by atoms with E-state index in [1.807, 2.05) is 0 Å². The molecule has 0 spiro atoms. The number of carbonyl (C=O) groups is 2. The minimum atomic E-state index is -1.14. The Morgan fingerprint density at radius 1 is 1.25 bits per heavy atom. The number of rotatable bonds is 5. The standard InChI is InChI=1S/C12H10N2O6/c15-10(16)4-7-5-13(6-11(17)18)8-2-1-3-9(12(7)8)14(19)20/h1-3,5H,4,6H2,(H,15,16)(H,17,18). The Morgan fingerprint density at radius 2 is 1.95 bits per heavy atom. The second-order valence-electron chi connectivity index (χ2n) is 4.17. The second kappa shape index (κ2) is 5.00. The average molecular weight is 278 g/mol. The molecule has 0 fully saturated rings. The largest absolute Gasteiger partial charge is 0.481 e. The summed E-state index contributed by atoms with van der Waals surface area (Å²) in [5, 5.41) is 28.9. The van der Waals surface area contributed by atoms with Gasteiger partial charge in [-0.2, -0.15) is 0 Å². The van der Waals surface area contributed by atoms with Crippen molar-refractivity contribution >= 4 is 28.5 Å². The highest BCUT2D eigenvalue weighted by Crippen LogP contribution is 2.30. The first-order valence-electron chi connectivity index (χ1n) is 5.59. The average Bonchev–Trinajstić information content (AvgIpc) is 2.66. The summed E-state index contributed by atoms with van der Waals surface area (Å²) in [5.74, 6) is -2.26. The number of hydrogen-bond donors (Lipinski definition) is 2. The Kier molecular flexibility index (Phi) is 3.38. The molecule has 0 aliphatic heterocycles. The van der Waals surface area contributed by atoms with Crippen LogP contribution in [-0.4, -0.2) is 31.6 Å². The van der Waals surface area contributed by atoms with Gasteiger partial charge in [-0.05, 0) is 11.6 Å². The number of nitrogens with zero attached hydrogens (tertiary/aromatic N) is 2. The van der Waals surface area contributed by atoms with Gasteiger partial charge in [0.25, 0.3) is 5.69 Å². The van der Waals surface area contributed by atoms with Crippen molar-refractivity contribution in [3.63, 3.8) is 0 Å². The summed E-state index contributed by atoms with van der Waals surface area (Å²) < 4.78 is 1.29. The molecule has 0 saturated heterocycles. The van der Waals surface area contributed by atoms with Crippen LogP contribution in [0.5, 0.6) is 0 Å². The lowest BCUT2D eigenvalue weighted by Crippen LogP contribution is -2.07. The van der Waals surface area contributed by atoms with Crippen LogP contribution in [0.4, 0.5) is 5.69 Å². The fraction of sp³-hybridized carbons (Fsp3) is 0.167. The summed E-state index contributed by atoms with van der Waals surface area (Å²) in [5.41, 5.74) is 0.321. The molecule has 2 N–H and O–H groups in total. The highest BCUT2D eigenvalue weighted by molar-refractivity contribution is 5.95. The zero-order valence-corrected chi connectivity index (χ0v) is 10.1. The van der Waals surface area contributed by atoms with Crippen LogP contribution in [0.25, 0.3) is 10.9 Å². The second-order valence-corrected chi connectivity index (χ2v) is 4.17. The van der Waals surface area contributed by atoms with Crippen molar-refractivity contribution in [1.82, 2.24) is 4.57 Å². The quantitative estimate of drug-likeness (QED) is 0.627. The fourth-order valence-corrected chi connectivity index (χ4v) is 2.14. The first-order valence-corrected chi connectivity index (χ1v) is 5.59. The Balaban J connectivity index is 2.72. The molecule has 1 aromatic carbocycles. The van der Waals surface area contributed by atoms with E-state index < -0.39 is 29.8 Å².